The van der Waals surface area contributed by atoms with Gasteiger partial charge in [0, 0.05) is 6.54 Å². The third-order valence-electron chi connectivity index (χ3n) is 2.76. The van der Waals surface area contributed by atoms with Crippen LogP contribution >= 0.6 is 11.3 Å². The molecule has 0 amide bonds. The summed E-state index contributed by atoms with van der Waals surface area (Å²) in [6, 6.07) is 0. The highest BCUT2D eigenvalue weighted by Gasteiger charge is 2.11. The fraction of sp³-hybridized carbons (Fsp3) is 0.500. The minimum absolute atomic E-state index is 0.0753. The van der Waals surface area contributed by atoms with E-state index in [0.29, 0.717) is 11.2 Å². The molecule has 0 aliphatic heterocycles. The van der Waals surface area contributed by atoms with E-state index in [9.17, 15) is 9.90 Å². The summed E-state index contributed by atoms with van der Waals surface area (Å²) in [5.74, 6) is 0. The largest absolute Gasteiger partial charge is 0.390 e. The molecule has 0 saturated carbocycles. The smallest absolute Gasteiger partial charge is 0.271 e. The number of rotatable bonds is 5. The molecule has 0 aliphatic rings. The van der Waals surface area contributed by atoms with Crippen LogP contribution in [-0.4, -0.2) is 33.9 Å². The lowest BCUT2D eigenvalue weighted by Crippen LogP contribution is -2.33. The van der Waals surface area contributed by atoms with Gasteiger partial charge >= 0.3 is 0 Å². The normalized spacial score (nSPS) is 13.1. The van der Waals surface area contributed by atoms with E-state index in [0.717, 1.165) is 17.6 Å². The predicted molar refractivity (Wildman–Crippen MR) is 73.2 cm³/mol. The zero-order valence-corrected chi connectivity index (χ0v) is 11.3. The van der Waals surface area contributed by atoms with Crippen molar-refractivity contribution in [2.75, 3.05) is 13.1 Å². The van der Waals surface area contributed by atoms with Crippen molar-refractivity contribution in [3.05, 3.63) is 27.6 Å². The van der Waals surface area contributed by atoms with Crippen LogP contribution in [0.15, 0.2) is 16.5 Å². The van der Waals surface area contributed by atoms with Gasteiger partial charge in [-0.3, -0.25) is 9.36 Å². The van der Waals surface area contributed by atoms with Crippen LogP contribution in [0.4, 0.5) is 0 Å². The molecule has 2 aromatic rings. The average molecular weight is 267 g/mol. The molecule has 0 fully saturated rings. The molecule has 0 spiro atoms. The third-order valence-corrected chi connectivity index (χ3v) is 3.84. The number of aromatic nitrogens is 2. The number of nitrogens with one attached hydrogen (secondary N) is 1. The molecule has 1 unspecified atom stereocenters. The second-order valence-electron chi connectivity index (χ2n) is 4.26. The Morgan fingerprint density at radius 3 is 3.11 bits per heavy atom. The molecule has 0 saturated heterocycles. The van der Waals surface area contributed by atoms with Crippen molar-refractivity contribution in [3.63, 3.8) is 0 Å². The van der Waals surface area contributed by atoms with E-state index in [1.807, 2.05) is 19.2 Å². The number of fused-ring (bicyclic) bond motifs is 1. The standard InChI is InChI=1S/C12H17N3O2S/c1-3-13-4-9(16)5-15-7-14-10-8(2)6-18-11(10)12(15)17/h6-7,9,13,16H,3-5H2,1-2H3. The number of thiophene rings is 1. The van der Waals surface area contributed by atoms with Gasteiger partial charge in [0.05, 0.1) is 24.5 Å². The zero-order valence-electron chi connectivity index (χ0n) is 10.5. The molecule has 2 rings (SSSR count). The van der Waals surface area contributed by atoms with Gasteiger partial charge in [-0.2, -0.15) is 0 Å². The molecule has 0 aliphatic carbocycles. The molecule has 0 aromatic carbocycles. The van der Waals surface area contributed by atoms with E-state index in [1.165, 1.54) is 22.2 Å². The molecule has 98 valence electrons. The van der Waals surface area contributed by atoms with Crippen molar-refractivity contribution >= 4 is 21.6 Å². The third kappa shape index (κ3) is 2.60. The summed E-state index contributed by atoms with van der Waals surface area (Å²) in [5, 5.41) is 14.8. The number of aliphatic hydroxyl groups is 1. The molecule has 0 bridgehead atoms. The summed E-state index contributed by atoms with van der Waals surface area (Å²) in [6.45, 7) is 5.46. The molecule has 2 N–H and O–H groups in total. The number of aliphatic hydroxyl groups excluding tert-OH is 1. The monoisotopic (exact) mass is 267 g/mol. The first-order valence-corrected chi connectivity index (χ1v) is 6.83. The lowest BCUT2D eigenvalue weighted by atomic mass is 10.3. The minimum Gasteiger partial charge on any atom is -0.390 e. The fourth-order valence-electron chi connectivity index (χ4n) is 1.79. The maximum Gasteiger partial charge on any atom is 0.271 e. The van der Waals surface area contributed by atoms with Gasteiger partial charge in [0.1, 0.15) is 4.70 Å². The number of nitrogens with zero attached hydrogens (tertiary/aromatic N) is 2. The number of hydrogen-bond donors (Lipinski definition) is 2. The van der Waals surface area contributed by atoms with Crippen molar-refractivity contribution in [1.29, 1.82) is 0 Å². The molecular weight excluding hydrogens is 250 g/mol. The first kappa shape index (κ1) is 13.2. The lowest BCUT2D eigenvalue weighted by Gasteiger charge is -2.12. The Bertz CT molecular complexity index is 591. The van der Waals surface area contributed by atoms with Gasteiger partial charge in [0.25, 0.3) is 5.56 Å². The van der Waals surface area contributed by atoms with E-state index in [2.05, 4.69) is 10.3 Å². The number of aryl methyl sites for hydroxylation is 1. The van der Waals surface area contributed by atoms with Crippen LogP contribution in [0.25, 0.3) is 10.2 Å². The van der Waals surface area contributed by atoms with E-state index in [-0.39, 0.29) is 12.1 Å². The number of hydrogen-bond acceptors (Lipinski definition) is 5. The molecule has 2 heterocycles. The van der Waals surface area contributed by atoms with Gasteiger partial charge in [0.2, 0.25) is 0 Å². The van der Waals surface area contributed by atoms with Gasteiger partial charge in [0.15, 0.2) is 0 Å². The van der Waals surface area contributed by atoms with E-state index in [1.54, 1.807) is 0 Å². The highest BCUT2D eigenvalue weighted by Crippen LogP contribution is 2.19. The van der Waals surface area contributed by atoms with Gasteiger partial charge in [-0.25, -0.2) is 4.98 Å². The SMILES string of the molecule is CCNCC(O)Cn1cnc2c(C)csc2c1=O. The quantitative estimate of drug-likeness (QED) is 0.838. The Morgan fingerprint density at radius 2 is 2.39 bits per heavy atom. The predicted octanol–water partition coefficient (Wildman–Crippen LogP) is 0.737. The molecule has 6 heteroatoms. The topological polar surface area (TPSA) is 67.2 Å². The second-order valence-corrected chi connectivity index (χ2v) is 5.14. The summed E-state index contributed by atoms with van der Waals surface area (Å²) in [7, 11) is 0. The molecule has 2 aromatic heterocycles. The van der Waals surface area contributed by atoms with Crippen LogP contribution in [0.2, 0.25) is 0 Å². The summed E-state index contributed by atoms with van der Waals surface area (Å²) in [5.41, 5.74) is 1.71. The maximum atomic E-state index is 12.2. The molecular formula is C12H17N3O2S. The van der Waals surface area contributed by atoms with Gasteiger partial charge in [-0.1, -0.05) is 6.92 Å². The van der Waals surface area contributed by atoms with Crippen LogP contribution in [-0.2, 0) is 6.54 Å². The molecule has 1 atom stereocenters. The first-order chi connectivity index (χ1) is 8.63. The van der Waals surface area contributed by atoms with Gasteiger partial charge in [-0.15, -0.1) is 11.3 Å². The first-order valence-electron chi connectivity index (χ1n) is 5.95. The van der Waals surface area contributed by atoms with Crippen LogP contribution in [0.1, 0.15) is 12.5 Å². The Hall–Kier alpha value is -1.24. The lowest BCUT2D eigenvalue weighted by molar-refractivity contribution is 0.151. The van der Waals surface area contributed by atoms with E-state index < -0.39 is 6.10 Å². The van der Waals surface area contributed by atoms with Crippen LogP contribution in [0.5, 0.6) is 0 Å². The van der Waals surface area contributed by atoms with Crippen LogP contribution in [0, 0.1) is 6.92 Å². The summed E-state index contributed by atoms with van der Waals surface area (Å²) in [4.78, 5) is 16.4. The van der Waals surface area contributed by atoms with E-state index in [4.69, 9.17) is 0 Å². The Kier molecular flexibility index (Phi) is 4.11. The number of likely N-dealkylation sites (N-methyl/N-ethyl adjacent to an activating group) is 1. The average Bonchev–Trinajstić information content (AvgIpc) is 2.73. The van der Waals surface area contributed by atoms with Crippen molar-refractivity contribution in [3.8, 4) is 0 Å². The van der Waals surface area contributed by atoms with Crippen molar-refractivity contribution in [2.24, 2.45) is 0 Å². The Balaban J connectivity index is 2.24. The van der Waals surface area contributed by atoms with Crippen molar-refractivity contribution in [2.45, 2.75) is 26.5 Å². The highest BCUT2D eigenvalue weighted by molar-refractivity contribution is 7.17. The summed E-state index contributed by atoms with van der Waals surface area (Å²) >= 11 is 1.41. The van der Waals surface area contributed by atoms with Gasteiger partial charge in [-0.05, 0) is 24.4 Å². The zero-order chi connectivity index (χ0) is 13.1. The van der Waals surface area contributed by atoms with Crippen LogP contribution in [0.3, 0.4) is 0 Å². The second kappa shape index (κ2) is 5.60. The highest BCUT2D eigenvalue weighted by atomic mass is 32.1. The summed E-state index contributed by atoms with van der Waals surface area (Å²) in [6.07, 6.45) is 0.933. The maximum absolute atomic E-state index is 12.2. The Morgan fingerprint density at radius 1 is 1.61 bits per heavy atom. The van der Waals surface area contributed by atoms with Crippen molar-refractivity contribution < 1.29 is 5.11 Å². The molecule has 18 heavy (non-hydrogen) atoms. The van der Waals surface area contributed by atoms with Crippen LogP contribution < -0.4 is 10.9 Å². The Labute approximate surface area is 109 Å². The molecule has 0 radical (unpaired) electrons. The molecule has 5 nitrogen and oxygen atoms in total. The van der Waals surface area contributed by atoms with E-state index >= 15 is 0 Å². The van der Waals surface area contributed by atoms with Gasteiger partial charge < -0.3 is 10.4 Å². The minimum atomic E-state index is -0.581. The summed E-state index contributed by atoms with van der Waals surface area (Å²) < 4.78 is 2.13. The fourth-order valence-corrected chi connectivity index (χ4v) is 2.74. The van der Waals surface area contributed by atoms with Crippen molar-refractivity contribution in [1.82, 2.24) is 14.9 Å².